The molecule has 0 N–H and O–H groups in total. The van der Waals surface area contributed by atoms with Crippen LogP contribution in [0.5, 0.6) is 0 Å². The van der Waals surface area contributed by atoms with Crippen molar-refractivity contribution >= 4 is 34.8 Å². The van der Waals surface area contributed by atoms with Crippen LogP contribution in [0.3, 0.4) is 0 Å². The van der Waals surface area contributed by atoms with Crippen molar-refractivity contribution in [2.24, 2.45) is 0 Å². The van der Waals surface area contributed by atoms with Crippen LogP contribution >= 0.6 is 34.8 Å². The molecule has 2 heterocycles. The van der Waals surface area contributed by atoms with Gasteiger partial charge in [0.15, 0.2) is 5.03 Å². The van der Waals surface area contributed by atoms with Crippen LogP contribution in [0.1, 0.15) is 22.8 Å². The molecular formula is C14H14Cl3N5O2. The van der Waals surface area contributed by atoms with Crippen molar-refractivity contribution in [2.45, 2.75) is 27.7 Å². The van der Waals surface area contributed by atoms with Crippen LogP contribution in [-0.4, -0.2) is 24.5 Å². The smallest absolute Gasteiger partial charge is 0.258 e. The molecule has 10 heteroatoms. The van der Waals surface area contributed by atoms with Gasteiger partial charge in [-0.25, -0.2) is 9.36 Å². The molecule has 0 fully saturated rings. The van der Waals surface area contributed by atoms with Crippen LogP contribution in [0.15, 0.2) is 27.4 Å². The van der Waals surface area contributed by atoms with E-state index in [4.69, 9.17) is 34.8 Å². The lowest BCUT2D eigenvalue weighted by atomic mass is 10.3. The predicted molar refractivity (Wildman–Crippen MR) is 92.5 cm³/mol. The number of allylic oxidation sites excluding steroid dienone is 1. The quantitative estimate of drug-likeness (QED) is 0.449. The first kappa shape index (κ1) is 18.5. The fourth-order valence-electron chi connectivity index (χ4n) is 2.33. The van der Waals surface area contributed by atoms with Crippen LogP contribution in [0.4, 0.5) is 0 Å². The number of nitro groups is 1. The topological polar surface area (TPSA) is 78.8 Å². The Morgan fingerprint density at radius 3 is 1.67 bits per heavy atom. The monoisotopic (exact) mass is 389 g/mol. The number of aryl methyl sites for hydroxylation is 4. The summed E-state index contributed by atoms with van der Waals surface area (Å²) in [6.07, 6.45) is 0. The summed E-state index contributed by atoms with van der Waals surface area (Å²) in [5.41, 5.74) is 2.22. The highest BCUT2D eigenvalue weighted by Crippen LogP contribution is 2.29. The van der Waals surface area contributed by atoms with E-state index in [2.05, 4.69) is 10.2 Å². The minimum absolute atomic E-state index is 0.0417. The Morgan fingerprint density at radius 1 is 1.00 bits per heavy atom. The molecule has 2 aromatic rings. The van der Waals surface area contributed by atoms with Gasteiger partial charge < -0.3 is 0 Å². The Hall–Kier alpha value is -1.83. The molecule has 2 aromatic heterocycles. The maximum absolute atomic E-state index is 11.7. The average Bonchev–Trinajstić information content (AvgIpc) is 2.96. The molecule has 0 aliphatic heterocycles. The zero-order chi connectivity index (χ0) is 18.2. The van der Waals surface area contributed by atoms with Gasteiger partial charge in [0.1, 0.15) is 4.49 Å². The molecule has 24 heavy (non-hydrogen) atoms. The predicted octanol–water partition coefficient (Wildman–Crippen LogP) is 3.97. The number of nitrogens with zero attached hydrogens (tertiary/aromatic N) is 5. The molecule has 0 aliphatic rings. The first-order valence-electron chi connectivity index (χ1n) is 6.80. The molecule has 0 saturated heterocycles. The molecule has 0 aliphatic carbocycles. The van der Waals surface area contributed by atoms with Gasteiger partial charge in [-0.05, 0) is 39.8 Å². The van der Waals surface area contributed by atoms with Crippen molar-refractivity contribution in [2.75, 3.05) is 0 Å². The van der Waals surface area contributed by atoms with E-state index in [-0.39, 0.29) is 5.82 Å². The fourth-order valence-corrected chi connectivity index (χ4v) is 2.66. The molecule has 0 spiro atoms. The lowest BCUT2D eigenvalue weighted by molar-refractivity contribution is -0.422. The molecule has 0 saturated carbocycles. The lowest BCUT2D eigenvalue weighted by Gasteiger charge is -2.13. The van der Waals surface area contributed by atoms with Gasteiger partial charge in [-0.1, -0.05) is 34.8 Å². The molecule has 0 aromatic carbocycles. The van der Waals surface area contributed by atoms with E-state index in [0.29, 0.717) is 22.8 Å². The highest BCUT2D eigenvalue weighted by atomic mass is 35.5. The second-order valence-electron chi connectivity index (χ2n) is 5.18. The molecule has 0 amide bonds. The van der Waals surface area contributed by atoms with Crippen molar-refractivity contribution < 1.29 is 4.92 Å². The minimum Gasteiger partial charge on any atom is -0.258 e. The summed E-state index contributed by atoms with van der Waals surface area (Å²) in [7, 11) is 0. The van der Waals surface area contributed by atoms with Gasteiger partial charge in [0.25, 0.3) is 0 Å². The SMILES string of the molecule is Cc1cc(C)n(C(=C(C(Cl)=C(Cl)Cl)[N+](=O)[O-])n2nc(C)cc2C)n1. The minimum atomic E-state index is -0.657. The van der Waals surface area contributed by atoms with Crippen LogP contribution in [0.25, 0.3) is 0 Å². The van der Waals surface area contributed by atoms with Gasteiger partial charge in [0.05, 0.1) is 16.3 Å². The normalized spacial score (nSPS) is 10.6. The average molecular weight is 391 g/mol. The second kappa shape index (κ2) is 6.96. The molecule has 7 nitrogen and oxygen atoms in total. The maximum Gasteiger partial charge on any atom is 0.334 e. The molecule has 128 valence electrons. The number of hydrogen-bond acceptors (Lipinski definition) is 4. The van der Waals surface area contributed by atoms with E-state index in [9.17, 15) is 10.1 Å². The van der Waals surface area contributed by atoms with Gasteiger partial charge in [0.2, 0.25) is 5.82 Å². The van der Waals surface area contributed by atoms with Crippen LogP contribution in [-0.2, 0) is 0 Å². The van der Waals surface area contributed by atoms with E-state index in [1.165, 1.54) is 9.36 Å². The fraction of sp³-hybridized carbons (Fsp3) is 0.286. The van der Waals surface area contributed by atoms with E-state index in [1.54, 1.807) is 39.8 Å². The highest BCUT2D eigenvalue weighted by molar-refractivity contribution is 6.59. The Labute approximate surface area is 153 Å². The molecule has 0 atom stereocenters. The third-order valence-electron chi connectivity index (χ3n) is 3.19. The number of aromatic nitrogens is 4. The molecule has 0 radical (unpaired) electrons. The summed E-state index contributed by atoms with van der Waals surface area (Å²) >= 11 is 17.4. The lowest BCUT2D eigenvalue weighted by Crippen LogP contribution is -2.22. The Morgan fingerprint density at radius 2 is 1.42 bits per heavy atom. The standard InChI is InChI=1S/C14H14Cl3N5O2/c1-7-5-9(3)20(18-7)14(21-10(4)6-8(2)19-21)12(22(23)24)11(15)13(16)17/h5-6H,1-4H3. The van der Waals surface area contributed by atoms with Crippen molar-refractivity contribution in [1.82, 2.24) is 19.6 Å². The van der Waals surface area contributed by atoms with Crippen molar-refractivity contribution in [3.8, 4) is 0 Å². The molecule has 0 bridgehead atoms. The van der Waals surface area contributed by atoms with Gasteiger partial charge >= 0.3 is 5.70 Å². The Balaban J connectivity index is 2.97. The summed E-state index contributed by atoms with van der Waals surface area (Å²) in [6, 6.07) is 3.56. The zero-order valence-corrected chi connectivity index (χ0v) is 15.6. The van der Waals surface area contributed by atoms with Crippen LogP contribution < -0.4 is 0 Å². The van der Waals surface area contributed by atoms with E-state index in [0.717, 1.165) is 0 Å². The van der Waals surface area contributed by atoms with Crippen molar-refractivity contribution in [3.63, 3.8) is 0 Å². The van der Waals surface area contributed by atoms with Crippen LogP contribution in [0, 0.1) is 43.6 Å². The van der Waals surface area contributed by atoms with E-state index >= 15 is 0 Å². The van der Waals surface area contributed by atoms with Gasteiger partial charge in [-0.2, -0.15) is 10.2 Å². The number of rotatable bonds is 4. The third kappa shape index (κ3) is 3.48. The first-order valence-corrected chi connectivity index (χ1v) is 7.94. The first-order chi connectivity index (χ1) is 11.1. The third-order valence-corrected chi connectivity index (χ3v) is 4.13. The second-order valence-corrected chi connectivity index (χ2v) is 6.51. The summed E-state index contributed by atoms with van der Waals surface area (Å²) < 4.78 is 2.38. The Kier molecular flexibility index (Phi) is 5.37. The summed E-state index contributed by atoms with van der Waals surface area (Å²) in [4.78, 5) is 11.0. The molecule has 2 rings (SSSR count). The summed E-state index contributed by atoms with van der Waals surface area (Å²) in [6.45, 7) is 7.09. The van der Waals surface area contributed by atoms with Gasteiger partial charge in [-0.3, -0.25) is 10.1 Å². The molecule has 0 unspecified atom stereocenters. The zero-order valence-electron chi connectivity index (χ0n) is 13.3. The summed E-state index contributed by atoms with van der Waals surface area (Å²) in [5, 5.41) is 19.9. The molecular weight excluding hydrogens is 377 g/mol. The van der Waals surface area contributed by atoms with Gasteiger partial charge in [-0.15, -0.1) is 0 Å². The van der Waals surface area contributed by atoms with Crippen molar-refractivity contribution in [1.29, 1.82) is 0 Å². The Bertz CT molecular complexity index is 827. The van der Waals surface area contributed by atoms with Crippen molar-refractivity contribution in [3.05, 3.63) is 66.1 Å². The largest absolute Gasteiger partial charge is 0.334 e. The van der Waals surface area contributed by atoms with E-state index < -0.39 is 20.1 Å². The number of halogens is 3. The van der Waals surface area contributed by atoms with Crippen LogP contribution in [0.2, 0.25) is 0 Å². The van der Waals surface area contributed by atoms with Gasteiger partial charge in [0, 0.05) is 11.4 Å². The maximum atomic E-state index is 11.7. The summed E-state index contributed by atoms with van der Waals surface area (Å²) in [5.74, 6) is 0.0417. The van der Waals surface area contributed by atoms with E-state index in [1.807, 2.05) is 0 Å². The number of hydrogen-bond donors (Lipinski definition) is 0. The highest BCUT2D eigenvalue weighted by Gasteiger charge is 2.30.